The predicted molar refractivity (Wildman–Crippen MR) is 105 cm³/mol. The summed E-state index contributed by atoms with van der Waals surface area (Å²) in [5.41, 5.74) is 3.49. The largest absolute Gasteiger partial charge is 0.380 e. The smallest absolute Gasteiger partial charge is 0.295 e. The summed E-state index contributed by atoms with van der Waals surface area (Å²) in [6, 6.07) is 14.0. The highest BCUT2D eigenvalue weighted by molar-refractivity contribution is 7.89. The highest BCUT2D eigenvalue weighted by Gasteiger charge is 2.15. The Bertz CT molecular complexity index is 1110. The number of aryl methyl sites for hydroxylation is 1. The number of para-hydroxylation sites is 1. The van der Waals surface area contributed by atoms with E-state index in [0.717, 1.165) is 16.8 Å². The number of nitro benzene ring substituents is 1. The molecule has 0 aliphatic carbocycles. The Hall–Kier alpha value is -3.00. The zero-order valence-corrected chi connectivity index (χ0v) is 15.8. The number of non-ortho nitro benzene ring substituents is 1. The molecule has 0 spiro atoms. The van der Waals surface area contributed by atoms with Crippen LogP contribution in [0, 0.1) is 17.0 Å². The Morgan fingerprint density at radius 2 is 1.78 bits per heavy atom. The number of sulfone groups is 1. The van der Waals surface area contributed by atoms with Gasteiger partial charge in [-0.1, -0.05) is 36.4 Å². The van der Waals surface area contributed by atoms with Gasteiger partial charge in [-0.25, -0.2) is 13.4 Å². The number of aromatic nitrogens is 1. The lowest BCUT2D eigenvalue weighted by molar-refractivity contribution is -0.383. The van der Waals surface area contributed by atoms with Crippen LogP contribution in [-0.2, 0) is 22.1 Å². The molecule has 3 aromatic rings. The van der Waals surface area contributed by atoms with E-state index in [1.54, 1.807) is 31.2 Å². The van der Waals surface area contributed by atoms with E-state index in [1.165, 1.54) is 12.3 Å². The third-order valence-electron chi connectivity index (χ3n) is 4.08. The first-order valence-electron chi connectivity index (χ1n) is 8.27. The molecule has 0 amide bonds. The number of hydrogen-bond donors (Lipinski definition) is 1. The van der Waals surface area contributed by atoms with Crippen LogP contribution in [-0.4, -0.2) is 24.6 Å². The number of rotatable bonds is 6. The lowest BCUT2D eigenvalue weighted by Crippen LogP contribution is -2.03. The van der Waals surface area contributed by atoms with Crippen LogP contribution in [0.5, 0.6) is 0 Å². The molecule has 27 heavy (non-hydrogen) atoms. The van der Waals surface area contributed by atoms with E-state index in [0.29, 0.717) is 23.1 Å². The molecule has 0 aliphatic rings. The molecule has 1 N–H and O–H groups in total. The Morgan fingerprint density at radius 1 is 1.11 bits per heavy atom. The van der Waals surface area contributed by atoms with Gasteiger partial charge in [-0.05, 0) is 24.1 Å². The lowest BCUT2D eigenvalue weighted by Gasteiger charge is -2.11. The second-order valence-corrected chi connectivity index (χ2v) is 8.62. The van der Waals surface area contributed by atoms with Crippen molar-refractivity contribution >= 4 is 32.1 Å². The summed E-state index contributed by atoms with van der Waals surface area (Å²) >= 11 is 0. The van der Waals surface area contributed by atoms with Crippen molar-refractivity contribution < 1.29 is 13.3 Å². The van der Waals surface area contributed by atoms with Gasteiger partial charge in [0.25, 0.3) is 5.69 Å². The van der Waals surface area contributed by atoms with Crippen LogP contribution in [0.2, 0.25) is 0 Å². The first-order chi connectivity index (χ1) is 12.7. The van der Waals surface area contributed by atoms with Crippen LogP contribution in [0.1, 0.15) is 16.8 Å². The minimum Gasteiger partial charge on any atom is -0.380 e. The topological polar surface area (TPSA) is 102 Å². The Labute approximate surface area is 157 Å². The molecular formula is C19H19N3O4S. The van der Waals surface area contributed by atoms with Gasteiger partial charge in [-0.2, -0.15) is 0 Å². The van der Waals surface area contributed by atoms with Gasteiger partial charge >= 0.3 is 0 Å². The quantitative estimate of drug-likeness (QED) is 0.514. The lowest BCUT2D eigenvalue weighted by atomic mass is 10.1. The molecule has 0 saturated heterocycles. The van der Waals surface area contributed by atoms with E-state index in [-0.39, 0.29) is 11.4 Å². The number of nitrogens with zero attached hydrogens (tertiary/aromatic N) is 2. The molecule has 0 atom stereocenters. The average Bonchev–Trinajstić information content (AvgIpc) is 2.58. The summed E-state index contributed by atoms with van der Waals surface area (Å²) in [4.78, 5) is 15.1. The standard InChI is InChI=1S/C19H19N3O4S/c1-13-10-17(16-4-3-5-18(22(23)24)19(16)21-13)20-11-14-6-8-15(9-7-14)12-27(2,25)26/h3-10H,11-12H2,1-2H3,(H,20,21). The van der Waals surface area contributed by atoms with Gasteiger partial charge < -0.3 is 5.32 Å². The van der Waals surface area contributed by atoms with E-state index in [4.69, 9.17) is 0 Å². The predicted octanol–water partition coefficient (Wildman–Crippen LogP) is 3.61. The molecule has 0 saturated carbocycles. The summed E-state index contributed by atoms with van der Waals surface area (Å²) in [7, 11) is -3.06. The third-order valence-corrected chi connectivity index (χ3v) is 4.94. The van der Waals surface area contributed by atoms with Gasteiger partial charge in [-0.15, -0.1) is 0 Å². The number of benzene rings is 2. The summed E-state index contributed by atoms with van der Waals surface area (Å²) in [5, 5.41) is 15.2. The van der Waals surface area contributed by atoms with E-state index in [9.17, 15) is 18.5 Å². The van der Waals surface area contributed by atoms with Crippen molar-refractivity contribution in [2.45, 2.75) is 19.2 Å². The van der Waals surface area contributed by atoms with Gasteiger partial charge in [-0.3, -0.25) is 10.1 Å². The molecule has 3 rings (SSSR count). The Balaban J connectivity index is 1.85. The first-order valence-corrected chi connectivity index (χ1v) is 10.3. The number of anilines is 1. The van der Waals surface area contributed by atoms with Crippen LogP contribution in [0.3, 0.4) is 0 Å². The van der Waals surface area contributed by atoms with Gasteiger partial charge in [0.15, 0.2) is 15.4 Å². The molecule has 1 aromatic heterocycles. The molecule has 140 valence electrons. The molecule has 7 nitrogen and oxygen atoms in total. The van der Waals surface area contributed by atoms with Crippen LogP contribution in [0.25, 0.3) is 10.9 Å². The number of fused-ring (bicyclic) bond motifs is 1. The molecule has 2 aromatic carbocycles. The van der Waals surface area contributed by atoms with Crippen LogP contribution < -0.4 is 5.32 Å². The Morgan fingerprint density at radius 3 is 2.41 bits per heavy atom. The van der Waals surface area contributed by atoms with E-state index < -0.39 is 14.8 Å². The maximum Gasteiger partial charge on any atom is 0.295 e. The molecule has 1 heterocycles. The SMILES string of the molecule is Cc1cc(NCc2ccc(CS(C)(=O)=O)cc2)c2cccc([N+](=O)[O-])c2n1. The highest BCUT2D eigenvalue weighted by Crippen LogP contribution is 2.30. The first kappa shape index (κ1) is 18.8. The fraction of sp³-hybridized carbons (Fsp3) is 0.211. The normalized spacial score (nSPS) is 11.5. The van der Waals surface area contributed by atoms with E-state index in [1.807, 2.05) is 18.2 Å². The number of hydrogen-bond acceptors (Lipinski definition) is 6. The second-order valence-electron chi connectivity index (χ2n) is 6.48. The monoisotopic (exact) mass is 385 g/mol. The van der Waals surface area contributed by atoms with Gasteiger partial charge in [0, 0.05) is 35.6 Å². The molecular weight excluding hydrogens is 366 g/mol. The van der Waals surface area contributed by atoms with Crippen LogP contribution in [0.4, 0.5) is 11.4 Å². The summed E-state index contributed by atoms with van der Waals surface area (Å²) in [5.74, 6) is 0.0125. The number of nitro groups is 1. The third kappa shape index (κ3) is 4.59. The van der Waals surface area contributed by atoms with Crippen LogP contribution in [0.15, 0.2) is 48.5 Å². The maximum absolute atomic E-state index is 11.4. The fourth-order valence-electron chi connectivity index (χ4n) is 2.91. The van der Waals surface area contributed by atoms with E-state index in [2.05, 4.69) is 10.3 Å². The van der Waals surface area contributed by atoms with Crippen molar-refractivity contribution in [1.29, 1.82) is 0 Å². The molecule has 0 fully saturated rings. The fourth-order valence-corrected chi connectivity index (χ4v) is 3.71. The zero-order valence-electron chi connectivity index (χ0n) is 15.0. The van der Waals surface area contributed by atoms with Gasteiger partial charge in [0.2, 0.25) is 0 Å². The van der Waals surface area contributed by atoms with Crippen LogP contribution >= 0.6 is 0 Å². The molecule has 0 unspecified atom stereocenters. The number of pyridine rings is 1. The van der Waals surface area contributed by atoms with Crippen molar-refractivity contribution in [3.05, 3.63) is 75.5 Å². The van der Waals surface area contributed by atoms with E-state index >= 15 is 0 Å². The summed E-state index contributed by atoms with van der Waals surface area (Å²) < 4.78 is 22.7. The molecule has 8 heteroatoms. The molecule has 0 aliphatic heterocycles. The zero-order chi connectivity index (χ0) is 19.6. The molecule has 0 bridgehead atoms. The minimum atomic E-state index is -3.06. The van der Waals surface area contributed by atoms with Crippen molar-refractivity contribution in [3.63, 3.8) is 0 Å². The summed E-state index contributed by atoms with van der Waals surface area (Å²) in [6.45, 7) is 2.29. The maximum atomic E-state index is 11.4. The van der Waals surface area contributed by atoms with Crippen molar-refractivity contribution in [3.8, 4) is 0 Å². The van der Waals surface area contributed by atoms with Gasteiger partial charge in [0.05, 0.1) is 10.7 Å². The molecule has 0 radical (unpaired) electrons. The Kier molecular flexibility index (Phi) is 5.09. The second kappa shape index (κ2) is 7.32. The minimum absolute atomic E-state index is 0.0125. The van der Waals surface area contributed by atoms with Crippen molar-refractivity contribution in [1.82, 2.24) is 4.98 Å². The number of nitrogens with one attached hydrogen (secondary N) is 1. The van der Waals surface area contributed by atoms with Crippen molar-refractivity contribution in [2.75, 3.05) is 11.6 Å². The highest BCUT2D eigenvalue weighted by atomic mass is 32.2. The average molecular weight is 385 g/mol. The summed E-state index contributed by atoms with van der Waals surface area (Å²) in [6.07, 6.45) is 1.21. The van der Waals surface area contributed by atoms with Gasteiger partial charge in [0.1, 0.15) is 0 Å². The van der Waals surface area contributed by atoms with Crippen molar-refractivity contribution in [2.24, 2.45) is 0 Å².